The fraction of sp³-hybridized carbons (Fsp3) is 0.529. The highest BCUT2D eigenvalue weighted by Crippen LogP contribution is 2.30. The van der Waals surface area contributed by atoms with Crippen LogP contribution in [0.5, 0.6) is 0 Å². The molecule has 5 nitrogen and oxygen atoms in total. The number of carbonyl (C=O) groups excluding carboxylic acids is 2. The van der Waals surface area contributed by atoms with Crippen molar-refractivity contribution in [2.45, 2.75) is 25.3 Å². The van der Waals surface area contributed by atoms with Crippen molar-refractivity contribution < 1.29 is 9.59 Å². The molecule has 2 saturated heterocycles. The number of hydrogen-bond donors (Lipinski definition) is 1. The van der Waals surface area contributed by atoms with Gasteiger partial charge in [-0.15, -0.1) is 12.4 Å². The summed E-state index contributed by atoms with van der Waals surface area (Å²) in [5.74, 6) is -0.583. The summed E-state index contributed by atoms with van der Waals surface area (Å²) in [4.78, 5) is 29.2. The van der Waals surface area contributed by atoms with E-state index in [9.17, 15) is 9.59 Å². The smallest absolute Gasteiger partial charge is 0.239 e. The minimum atomic E-state index is -0.522. The lowest BCUT2D eigenvalue weighted by molar-refractivity contribution is -0.140. The summed E-state index contributed by atoms with van der Waals surface area (Å²) in [6.07, 6.45) is 2.64. The molecule has 2 atom stereocenters. The monoisotopic (exact) mass is 415 g/mol. The lowest BCUT2D eigenvalue weighted by Crippen LogP contribution is -2.45. The molecular formula is C17H23BrClN3O2. The van der Waals surface area contributed by atoms with Gasteiger partial charge in [0.25, 0.3) is 0 Å². The van der Waals surface area contributed by atoms with Crippen molar-refractivity contribution in [3.63, 3.8) is 0 Å². The Morgan fingerprint density at radius 1 is 1.33 bits per heavy atom. The van der Waals surface area contributed by atoms with Gasteiger partial charge in [-0.1, -0.05) is 22.0 Å². The Balaban J connectivity index is 0.00000208. The molecule has 0 saturated carbocycles. The Hall–Kier alpha value is -1.11. The zero-order valence-electron chi connectivity index (χ0n) is 13.7. The summed E-state index contributed by atoms with van der Waals surface area (Å²) < 4.78 is 0.936. The van der Waals surface area contributed by atoms with Crippen molar-refractivity contribution in [3.05, 3.63) is 28.7 Å². The zero-order chi connectivity index (χ0) is 16.4. The van der Waals surface area contributed by atoms with E-state index in [1.54, 1.807) is 4.90 Å². The maximum Gasteiger partial charge on any atom is 0.239 e. The van der Waals surface area contributed by atoms with E-state index in [1.807, 2.05) is 36.2 Å². The number of likely N-dealkylation sites (N-methyl/N-ethyl adjacent to an activating group) is 1. The van der Waals surface area contributed by atoms with E-state index < -0.39 is 5.92 Å². The first kappa shape index (κ1) is 19.2. The van der Waals surface area contributed by atoms with Gasteiger partial charge in [0, 0.05) is 35.8 Å². The zero-order valence-corrected chi connectivity index (χ0v) is 16.1. The standard InChI is InChI=1S/C17H22BrN3O2.ClH/c1-19-11-14-6-3-8-20(14)16(22)15-7-9-21(17(15)23)13-5-2-4-12(18)10-13;/h2,4-5,10,14-15,19H,3,6-9,11H2,1H3;1H. The molecule has 1 aromatic carbocycles. The summed E-state index contributed by atoms with van der Waals surface area (Å²) in [5.41, 5.74) is 0.855. The number of nitrogens with one attached hydrogen (secondary N) is 1. The lowest BCUT2D eigenvalue weighted by Gasteiger charge is -2.27. The van der Waals surface area contributed by atoms with Crippen LogP contribution in [-0.4, -0.2) is 49.4 Å². The number of rotatable bonds is 4. The molecule has 0 radical (unpaired) electrons. The molecule has 2 aliphatic heterocycles. The molecule has 2 unspecified atom stereocenters. The van der Waals surface area contributed by atoms with Crippen LogP contribution in [0.15, 0.2) is 28.7 Å². The predicted octanol–water partition coefficient (Wildman–Crippen LogP) is 2.43. The second-order valence-corrected chi connectivity index (χ2v) is 7.11. The van der Waals surface area contributed by atoms with E-state index in [4.69, 9.17) is 0 Å². The summed E-state index contributed by atoms with van der Waals surface area (Å²) in [6.45, 7) is 2.17. The number of amides is 2. The molecule has 2 amide bonds. The highest BCUT2D eigenvalue weighted by molar-refractivity contribution is 9.10. The van der Waals surface area contributed by atoms with Gasteiger partial charge in [-0.3, -0.25) is 9.59 Å². The fourth-order valence-electron chi connectivity index (χ4n) is 3.58. The number of halogens is 2. The molecular weight excluding hydrogens is 394 g/mol. The van der Waals surface area contributed by atoms with Gasteiger partial charge in [-0.25, -0.2) is 0 Å². The first-order chi connectivity index (χ1) is 11.1. The van der Waals surface area contributed by atoms with E-state index in [2.05, 4.69) is 21.2 Å². The normalized spacial score (nSPS) is 23.5. The van der Waals surface area contributed by atoms with Crippen molar-refractivity contribution in [1.82, 2.24) is 10.2 Å². The van der Waals surface area contributed by atoms with Gasteiger partial charge in [0.05, 0.1) is 0 Å². The molecule has 0 aromatic heterocycles. The first-order valence-electron chi connectivity index (χ1n) is 8.14. The summed E-state index contributed by atoms with van der Waals surface area (Å²) in [6, 6.07) is 7.89. The van der Waals surface area contributed by atoms with Crippen molar-refractivity contribution in [3.8, 4) is 0 Å². The maximum absolute atomic E-state index is 12.8. The SMILES string of the molecule is CNCC1CCCN1C(=O)C1CCN(c2cccc(Br)c2)C1=O.Cl. The average Bonchev–Trinajstić information content (AvgIpc) is 3.14. The van der Waals surface area contributed by atoms with Crippen molar-refractivity contribution in [2.24, 2.45) is 5.92 Å². The fourth-order valence-corrected chi connectivity index (χ4v) is 3.97. The van der Waals surface area contributed by atoms with Crippen LogP contribution < -0.4 is 10.2 Å². The summed E-state index contributed by atoms with van der Waals surface area (Å²) in [7, 11) is 1.90. The van der Waals surface area contributed by atoms with Crippen LogP contribution in [0.4, 0.5) is 5.69 Å². The second kappa shape index (κ2) is 8.32. The third-order valence-corrected chi connectivity index (χ3v) is 5.22. The minimum absolute atomic E-state index is 0. The van der Waals surface area contributed by atoms with Gasteiger partial charge in [0.1, 0.15) is 5.92 Å². The maximum atomic E-state index is 12.8. The highest BCUT2D eigenvalue weighted by Gasteiger charge is 2.42. The number of likely N-dealkylation sites (tertiary alicyclic amines) is 1. The van der Waals surface area contributed by atoms with E-state index in [1.165, 1.54) is 0 Å². The molecule has 0 bridgehead atoms. The van der Waals surface area contributed by atoms with Gasteiger partial charge in [-0.05, 0) is 44.5 Å². The minimum Gasteiger partial charge on any atom is -0.338 e. The Labute approximate surface area is 157 Å². The Bertz CT molecular complexity index is 613. The van der Waals surface area contributed by atoms with Crippen LogP contribution in [0.2, 0.25) is 0 Å². The van der Waals surface area contributed by atoms with Crippen LogP contribution >= 0.6 is 28.3 Å². The van der Waals surface area contributed by atoms with Gasteiger partial charge >= 0.3 is 0 Å². The molecule has 0 aliphatic carbocycles. The second-order valence-electron chi connectivity index (χ2n) is 6.20. The Morgan fingerprint density at radius 2 is 2.12 bits per heavy atom. The number of hydrogen-bond acceptors (Lipinski definition) is 3. The molecule has 2 heterocycles. The van der Waals surface area contributed by atoms with Crippen molar-refractivity contribution in [2.75, 3.05) is 31.6 Å². The Kier molecular flexibility index (Phi) is 6.66. The van der Waals surface area contributed by atoms with Gasteiger partial charge in [0.15, 0.2) is 0 Å². The lowest BCUT2D eigenvalue weighted by atomic mass is 10.1. The number of nitrogens with zero attached hydrogens (tertiary/aromatic N) is 2. The first-order valence-corrected chi connectivity index (χ1v) is 8.93. The highest BCUT2D eigenvalue weighted by atomic mass is 79.9. The molecule has 7 heteroatoms. The predicted molar refractivity (Wildman–Crippen MR) is 101 cm³/mol. The van der Waals surface area contributed by atoms with Crippen LogP contribution in [0.25, 0.3) is 0 Å². The average molecular weight is 417 g/mol. The molecule has 132 valence electrons. The van der Waals surface area contributed by atoms with Crippen molar-refractivity contribution in [1.29, 1.82) is 0 Å². The molecule has 24 heavy (non-hydrogen) atoms. The van der Waals surface area contributed by atoms with E-state index in [0.29, 0.717) is 13.0 Å². The molecule has 3 rings (SSSR count). The molecule has 2 aliphatic rings. The van der Waals surface area contributed by atoms with Gasteiger partial charge in [-0.2, -0.15) is 0 Å². The Morgan fingerprint density at radius 3 is 2.83 bits per heavy atom. The van der Waals surface area contributed by atoms with E-state index in [0.717, 1.165) is 36.1 Å². The molecule has 1 aromatic rings. The topological polar surface area (TPSA) is 52.7 Å². The third-order valence-electron chi connectivity index (χ3n) is 4.72. The largest absolute Gasteiger partial charge is 0.338 e. The van der Waals surface area contributed by atoms with Gasteiger partial charge < -0.3 is 15.1 Å². The van der Waals surface area contributed by atoms with Crippen LogP contribution in [-0.2, 0) is 9.59 Å². The third kappa shape index (κ3) is 3.76. The number of carbonyl (C=O) groups is 2. The number of anilines is 1. The molecule has 1 N–H and O–H groups in total. The van der Waals surface area contributed by atoms with E-state index >= 15 is 0 Å². The summed E-state index contributed by atoms with van der Waals surface area (Å²) in [5, 5.41) is 3.14. The quantitative estimate of drug-likeness (QED) is 0.767. The van der Waals surface area contributed by atoms with Crippen LogP contribution in [0, 0.1) is 5.92 Å². The van der Waals surface area contributed by atoms with E-state index in [-0.39, 0.29) is 30.3 Å². The van der Waals surface area contributed by atoms with Gasteiger partial charge in [0.2, 0.25) is 11.8 Å². The summed E-state index contributed by atoms with van der Waals surface area (Å²) >= 11 is 3.43. The number of benzene rings is 1. The molecule has 2 fully saturated rings. The molecule has 0 spiro atoms. The van der Waals surface area contributed by atoms with Crippen LogP contribution in [0.3, 0.4) is 0 Å². The van der Waals surface area contributed by atoms with Crippen molar-refractivity contribution >= 4 is 45.8 Å². The van der Waals surface area contributed by atoms with Crippen LogP contribution in [0.1, 0.15) is 19.3 Å².